The molecule has 0 aliphatic carbocycles. The molecule has 0 saturated heterocycles. The van der Waals surface area contributed by atoms with Gasteiger partial charge in [0.1, 0.15) is 5.75 Å². The van der Waals surface area contributed by atoms with Crippen LogP contribution < -0.4 is 4.74 Å². The number of ether oxygens (including phenoxy) is 2. The molecule has 15 heavy (non-hydrogen) atoms. The van der Waals surface area contributed by atoms with Crippen LogP contribution in [0.2, 0.25) is 0 Å². The van der Waals surface area contributed by atoms with Crippen molar-refractivity contribution < 1.29 is 9.47 Å². The molecule has 1 rings (SSSR count). The van der Waals surface area contributed by atoms with Gasteiger partial charge in [-0.3, -0.25) is 0 Å². The second kappa shape index (κ2) is 5.76. The first kappa shape index (κ1) is 12.1. The van der Waals surface area contributed by atoms with Gasteiger partial charge in [-0.25, -0.2) is 0 Å². The summed E-state index contributed by atoms with van der Waals surface area (Å²) >= 11 is 0. The fraction of sp³-hybridized carbons (Fsp3) is 0.538. The highest BCUT2D eigenvalue weighted by molar-refractivity contribution is 5.33. The average molecular weight is 208 g/mol. The topological polar surface area (TPSA) is 18.5 Å². The lowest BCUT2D eigenvalue weighted by Gasteiger charge is -2.15. The van der Waals surface area contributed by atoms with Gasteiger partial charge >= 0.3 is 0 Å². The summed E-state index contributed by atoms with van der Waals surface area (Å²) in [5, 5.41) is 0. The minimum absolute atomic E-state index is 0.179. The number of rotatable bonds is 5. The molecule has 0 spiro atoms. The number of benzene rings is 1. The summed E-state index contributed by atoms with van der Waals surface area (Å²) in [7, 11) is 0. The second-order valence-corrected chi connectivity index (χ2v) is 3.65. The van der Waals surface area contributed by atoms with E-state index in [-0.39, 0.29) is 6.29 Å². The molecule has 0 bridgehead atoms. The Hall–Kier alpha value is -1.02. The Bertz CT molecular complexity index is 307. The predicted molar refractivity (Wildman–Crippen MR) is 62.3 cm³/mol. The molecule has 1 atom stereocenters. The van der Waals surface area contributed by atoms with Crippen molar-refractivity contribution in [3.05, 3.63) is 29.3 Å². The van der Waals surface area contributed by atoms with Gasteiger partial charge in [-0.05, 0) is 50.5 Å². The van der Waals surface area contributed by atoms with Gasteiger partial charge in [0.15, 0.2) is 6.29 Å². The van der Waals surface area contributed by atoms with E-state index < -0.39 is 0 Å². The largest absolute Gasteiger partial charge is 0.465 e. The maximum absolute atomic E-state index is 5.66. The van der Waals surface area contributed by atoms with Gasteiger partial charge in [-0.15, -0.1) is 0 Å². The molecular weight excluding hydrogens is 188 g/mol. The van der Waals surface area contributed by atoms with Crippen molar-refractivity contribution in [2.24, 2.45) is 0 Å². The van der Waals surface area contributed by atoms with Crippen molar-refractivity contribution in [1.29, 1.82) is 0 Å². The van der Waals surface area contributed by atoms with Gasteiger partial charge in [0.2, 0.25) is 0 Å². The maximum Gasteiger partial charge on any atom is 0.196 e. The summed E-state index contributed by atoms with van der Waals surface area (Å²) in [5.41, 5.74) is 2.53. The first-order valence-electron chi connectivity index (χ1n) is 5.54. The van der Waals surface area contributed by atoms with Gasteiger partial charge in [-0.1, -0.05) is 13.0 Å². The van der Waals surface area contributed by atoms with E-state index in [1.165, 1.54) is 11.1 Å². The average Bonchev–Trinajstić information content (AvgIpc) is 2.17. The van der Waals surface area contributed by atoms with Gasteiger partial charge in [0, 0.05) is 6.61 Å². The highest BCUT2D eigenvalue weighted by atomic mass is 16.7. The Morgan fingerprint density at radius 1 is 1.20 bits per heavy atom. The van der Waals surface area contributed by atoms with E-state index in [2.05, 4.69) is 26.0 Å². The van der Waals surface area contributed by atoms with E-state index in [1.807, 2.05) is 19.9 Å². The molecule has 0 N–H and O–H groups in total. The van der Waals surface area contributed by atoms with Gasteiger partial charge in [0.25, 0.3) is 0 Å². The lowest BCUT2D eigenvalue weighted by Crippen LogP contribution is -2.16. The van der Waals surface area contributed by atoms with E-state index in [0.717, 1.165) is 12.2 Å². The minimum Gasteiger partial charge on any atom is -0.465 e. The molecule has 1 aromatic carbocycles. The molecule has 0 radical (unpaired) electrons. The first-order chi connectivity index (χ1) is 7.15. The summed E-state index contributed by atoms with van der Waals surface area (Å²) in [6.07, 6.45) is 0.850. The Morgan fingerprint density at radius 3 is 2.53 bits per heavy atom. The SMILES string of the molecule is CCOC(C)Oc1cc(C)cc(CC)c1. The Morgan fingerprint density at radius 2 is 1.93 bits per heavy atom. The zero-order valence-corrected chi connectivity index (χ0v) is 10.0. The Labute approximate surface area is 92.2 Å². The molecule has 0 saturated carbocycles. The third kappa shape index (κ3) is 3.92. The molecule has 0 heterocycles. The van der Waals surface area contributed by atoms with Crippen LogP contribution in [-0.2, 0) is 11.2 Å². The summed E-state index contributed by atoms with van der Waals surface area (Å²) < 4.78 is 11.0. The predicted octanol–water partition coefficient (Wildman–Crippen LogP) is 3.32. The van der Waals surface area contributed by atoms with Crippen molar-refractivity contribution >= 4 is 0 Å². The fourth-order valence-corrected chi connectivity index (χ4v) is 1.56. The quantitative estimate of drug-likeness (QED) is 0.691. The van der Waals surface area contributed by atoms with Crippen molar-refractivity contribution in [2.75, 3.05) is 6.61 Å². The maximum atomic E-state index is 5.66. The number of aryl methyl sites for hydroxylation is 2. The summed E-state index contributed by atoms with van der Waals surface area (Å²) in [6, 6.07) is 6.29. The van der Waals surface area contributed by atoms with Crippen LogP contribution in [0.1, 0.15) is 31.9 Å². The van der Waals surface area contributed by atoms with Crippen LogP contribution in [0.25, 0.3) is 0 Å². The van der Waals surface area contributed by atoms with Crippen LogP contribution >= 0.6 is 0 Å². The fourth-order valence-electron chi connectivity index (χ4n) is 1.56. The van der Waals surface area contributed by atoms with E-state index in [1.54, 1.807) is 0 Å². The lowest BCUT2D eigenvalue weighted by atomic mass is 10.1. The molecule has 0 fully saturated rings. The zero-order chi connectivity index (χ0) is 11.3. The summed E-state index contributed by atoms with van der Waals surface area (Å²) in [6.45, 7) is 8.78. The normalized spacial score (nSPS) is 12.5. The van der Waals surface area contributed by atoms with Crippen LogP contribution in [0.5, 0.6) is 5.75 Å². The van der Waals surface area contributed by atoms with Crippen molar-refractivity contribution in [2.45, 2.75) is 40.4 Å². The molecule has 0 amide bonds. The van der Waals surface area contributed by atoms with Gasteiger partial charge in [-0.2, -0.15) is 0 Å². The molecule has 2 heteroatoms. The molecule has 84 valence electrons. The van der Waals surface area contributed by atoms with Crippen molar-refractivity contribution in [1.82, 2.24) is 0 Å². The molecule has 1 unspecified atom stereocenters. The van der Waals surface area contributed by atoms with Crippen molar-refractivity contribution in [3.8, 4) is 5.75 Å². The van der Waals surface area contributed by atoms with E-state index in [0.29, 0.717) is 6.61 Å². The lowest BCUT2D eigenvalue weighted by molar-refractivity contribution is -0.0613. The van der Waals surface area contributed by atoms with Crippen molar-refractivity contribution in [3.63, 3.8) is 0 Å². The smallest absolute Gasteiger partial charge is 0.196 e. The van der Waals surface area contributed by atoms with E-state index in [9.17, 15) is 0 Å². The summed E-state index contributed by atoms with van der Waals surface area (Å²) in [4.78, 5) is 0. The molecule has 2 nitrogen and oxygen atoms in total. The first-order valence-corrected chi connectivity index (χ1v) is 5.54. The van der Waals surface area contributed by atoms with E-state index >= 15 is 0 Å². The number of hydrogen-bond acceptors (Lipinski definition) is 2. The zero-order valence-electron chi connectivity index (χ0n) is 10.0. The van der Waals surface area contributed by atoms with E-state index in [4.69, 9.17) is 9.47 Å². The third-order valence-corrected chi connectivity index (χ3v) is 2.22. The molecular formula is C13H20O2. The number of hydrogen-bond donors (Lipinski definition) is 0. The highest BCUT2D eigenvalue weighted by Crippen LogP contribution is 2.18. The van der Waals surface area contributed by atoms with Crippen LogP contribution in [0, 0.1) is 6.92 Å². The van der Waals surface area contributed by atoms with Crippen LogP contribution in [0.4, 0.5) is 0 Å². The molecule has 0 aliphatic heterocycles. The molecule has 0 aliphatic rings. The standard InChI is InChI=1S/C13H20O2/c1-5-12-7-10(3)8-13(9-12)15-11(4)14-6-2/h7-9,11H,5-6H2,1-4H3. The highest BCUT2D eigenvalue weighted by Gasteiger charge is 2.04. The van der Waals surface area contributed by atoms with Gasteiger partial charge in [0.05, 0.1) is 0 Å². The van der Waals surface area contributed by atoms with Crippen LogP contribution in [-0.4, -0.2) is 12.9 Å². The monoisotopic (exact) mass is 208 g/mol. The molecule has 0 aromatic heterocycles. The third-order valence-electron chi connectivity index (χ3n) is 2.22. The van der Waals surface area contributed by atoms with Crippen LogP contribution in [0.15, 0.2) is 18.2 Å². The second-order valence-electron chi connectivity index (χ2n) is 3.65. The van der Waals surface area contributed by atoms with Gasteiger partial charge < -0.3 is 9.47 Å². The van der Waals surface area contributed by atoms with Crippen LogP contribution in [0.3, 0.4) is 0 Å². The summed E-state index contributed by atoms with van der Waals surface area (Å²) in [5.74, 6) is 0.896. The molecule has 1 aromatic rings. The minimum atomic E-state index is -0.179. The Kier molecular flexibility index (Phi) is 4.63. The Balaban J connectivity index is 2.71.